The van der Waals surface area contributed by atoms with Gasteiger partial charge in [-0.3, -0.25) is 4.79 Å². The van der Waals surface area contributed by atoms with Gasteiger partial charge < -0.3 is 10.1 Å². The highest BCUT2D eigenvalue weighted by Crippen LogP contribution is 2.28. The second-order valence-corrected chi connectivity index (χ2v) is 11.1. The summed E-state index contributed by atoms with van der Waals surface area (Å²) in [4.78, 5) is 12.4. The molecule has 0 aliphatic carbocycles. The van der Waals surface area contributed by atoms with Gasteiger partial charge in [0, 0.05) is 23.7 Å². The highest BCUT2D eigenvalue weighted by molar-refractivity contribution is 7.92. The summed E-state index contributed by atoms with van der Waals surface area (Å²) in [6.45, 7) is 0.628. The second-order valence-electron chi connectivity index (χ2n) is 7.12. The van der Waals surface area contributed by atoms with Gasteiger partial charge in [-0.25, -0.2) is 21.6 Å². The SMILES string of the molecule is O=C(Nc1ccc2c(c1)CCO2)c1ccc(S(=O)(=O)NC2CCS(=O)(=O)C2)cc1. The van der Waals surface area contributed by atoms with E-state index in [0.29, 0.717) is 17.9 Å². The molecule has 29 heavy (non-hydrogen) atoms. The highest BCUT2D eigenvalue weighted by Gasteiger charge is 2.31. The fourth-order valence-corrected chi connectivity index (χ4v) is 6.48. The molecule has 1 atom stereocenters. The lowest BCUT2D eigenvalue weighted by molar-refractivity contribution is 0.102. The number of sulfonamides is 1. The fourth-order valence-electron chi connectivity index (χ4n) is 3.43. The number of sulfone groups is 1. The zero-order valence-electron chi connectivity index (χ0n) is 15.4. The summed E-state index contributed by atoms with van der Waals surface area (Å²) in [6, 6.07) is 10.3. The minimum atomic E-state index is -3.86. The number of fused-ring (bicyclic) bond motifs is 1. The predicted molar refractivity (Wildman–Crippen MR) is 107 cm³/mol. The van der Waals surface area contributed by atoms with Crippen molar-refractivity contribution in [2.45, 2.75) is 23.8 Å². The first-order valence-electron chi connectivity index (χ1n) is 9.12. The third-order valence-electron chi connectivity index (χ3n) is 4.93. The molecule has 1 fully saturated rings. The van der Waals surface area contributed by atoms with Gasteiger partial charge in [0.05, 0.1) is 23.0 Å². The summed E-state index contributed by atoms with van der Waals surface area (Å²) in [6.07, 6.45) is 1.05. The number of hydrogen-bond donors (Lipinski definition) is 2. The monoisotopic (exact) mass is 436 g/mol. The molecule has 2 aromatic carbocycles. The van der Waals surface area contributed by atoms with Crippen molar-refractivity contribution in [3.05, 3.63) is 53.6 Å². The van der Waals surface area contributed by atoms with Gasteiger partial charge >= 0.3 is 0 Å². The van der Waals surface area contributed by atoms with E-state index in [-0.39, 0.29) is 28.7 Å². The third kappa shape index (κ3) is 4.44. The molecule has 2 aliphatic rings. The van der Waals surface area contributed by atoms with Gasteiger partial charge in [-0.05, 0) is 54.4 Å². The Morgan fingerprint density at radius 2 is 1.86 bits per heavy atom. The van der Waals surface area contributed by atoms with Crippen molar-refractivity contribution in [2.24, 2.45) is 0 Å². The van der Waals surface area contributed by atoms with E-state index in [4.69, 9.17) is 4.74 Å². The smallest absolute Gasteiger partial charge is 0.255 e. The van der Waals surface area contributed by atoms with Crippen molar-refractivity contribution >= 4 is 31.5 Å². The number of carbonyl (C=O) groups is 1. The maximum absolute atomic E-state index is 12.5. The largest absolute Gasteiger partial charge is 0.493 e. The van der Waals surface area contributed by atoms with Crippen molar-refractivity contribution in [3.63, 3.8) is 0 Å². The zero-order valence-corrected chi connectivity index (χ0v) is 17.1. The first-order valence-corrected chi connectivity index (χ1v) is 12.4. The van der Waals surface area contributed by atoms with Gasteiger partial charge in [0.25, 0.3) is 5.91 Å². The molecular weight excluding hydrogens is 416 g/mol. The number of ether oxygens (including phenoxy) is 1. The molecule has 4 rings (SSSR count). The maximum Gasteiger partial charge on any atom is 0.255 e. The Balaban J connectivity index is 1.43. The molecule has 1 saturated heterocycles. The maximum atomic E-state index is 12.5. The molecule has 2 heterocycles. The van der Waals surface area contributed by atoms with E-state index in [1.807, 2.05) is 12.1 Å². The summed E-state index contributed by atoms with van der Waals surface area (Å²) in [5, 5.41) is 2.79. The van der Waals surface area contributed by atoms with Crippen LogP contribution in [0.1, 0.15) is 22.3 Å². The lowest BCUT2D eigenvalue weighted by Crippen LogP contribution is -2.35. The third-order valence-corrected chi connectivity index (χ3v) is 8.23. The van der Waals surface area contributed by atoms with Crippen LogP contribution in [0, 0.1) is 0 Å². The number of benzene rings is 2. The molecule has 2 aliphatic heterocycles. The Labute approximate surface area is 169 Å². The van der Waals surface area contributed by atoms with Crippen LogP contribution in [0.15, 0.2) is 47.4 Å². The van der Waals surface area contributed by atoms with E-state index in [2.05, 4.69) is 10.0 Å². The average molecular weight is 437 g/mol. The zero-order chi connectivity index (χ0) is 20.6. The highest BCUT2D eigenvalue weighted by atomic mass is 32.2. The number of hydrogen-bond acceptors (Lipinski definition) is 6. The predicted octanol–water partition coefficient (Wildman–Crippen LogP) is 1.34. The Hall–Kier alpha value is -2.43. The molecule has 2 N–H and O–H groups in total. The number of rotatable bonds is 5. The van der Waals surface area contributed by atoms with E-state index >= 15 is 0 Å². The molecular formula is C19H20N2O6S2. The van der Waals surface area contributed by atoms with Gasteiger partial charge in [-0.1, -0.05) is 0 Å². The summed E-state index contributed by atoms with van der Waals surface area (Å²) in [7, 11) is -7.05. The van der Waals surface area contributed by atoms with E-state index in [1.165, 1.54) is 24.3 Å². The van der Waals surface area contributed by atoms with Crippen molar-refractivity contribution in [1.82, 2.24) is 4.72 Å². The second kappa shape index (κ2) is 7.43. The van der Waals surface area contributed by atoms with E-state index in [9.17, 15) is 21.6 Å². The van der Waals surface area contributed by atoms with Crippen molar-refractivity contribution in [3.8, 4) is 5.75 Å². The van der Waals surface area contributed by atoms with Crippen LogP contribution < -0.4 is 14.8 Å². The summed E-state index contributed by atoms with van der Waals surface area (Å²) >= 11 is 0. The summed E-state index contributed by atoms with van der Waals surface area (Å²) in [5.41, 5.74) is 1.98. The first-order chi connectivity index (χ1) is 13.7. The Morgan fingerprint density at radius 1 is 1.10 bits per heavy atom. The number of amides is 1. The van der Waals surface area contributed by atoms with Crippen LogP contribution in [0.3, 0.4) is 0 Å². The topological polar surface area (TPSA) is 119 Å². The number of anilines is 1. The van der Waals surface area contributed by atoms with Crippen LogP contribution in [0.25, 0.3) is 0 Å². The van der Waals surface area contributed by atoms with Crippen LogP contribution >= 0.6 is 0 Å². The fraction of sp³-hybridized carbons (Fsp3) is 0.316. The molecule has 0 bridgehead atoms. The number of carbonyl (C=O) groups excluding carboxylic acids is 1. The molecule has 0 spiro atoms. The van der Waals surface area contributed by atoms with Gasteiger partial charge in [-0.15, -0.1) is 0 Å². The quantitative estimate of drug-likeness (QED) is 0.730. The molecule has 2 aromatic rings. The Morgan fingerprint density at radius 3 is 2.55 bits per heavy atom. The van der Waals surface area contributed by atoms with Gasteiger partial charge in [0.2, 0.25) is 10.0 Å². The minimum Gasteiger partial charge on any atom is -0.493 e. The van der Waals surface area contributed by atoms with Gasteiger partial charge in [0.1, 0.15) is 5.75 Å². The summed E-state index contributed by atoms with van der Waals surface area (Å²) < 4.78 is 55.8. The molecule has 1 amide bonds. The first kappa shape index (κ1) is 19.9. The van der Waals surface area contributed by atoms with Gasteiger partial charge in [0.15, 0.2) is 9.84 Å². The van der Waals surface area contributed by atoms with E-state index in [0.717, 1.165) is 17.7 Å². The Bertz CT molecular complexity index is 1160. The standard InChI is InChI=1S/C19H20N2O6S2/c22-19(20-15-3-6-18-14(11-15)7-9-27-18)13-1-4-17(5-2-13)29(25,26)21-16-8-10-28(23,24)12-16/h1-6,11,16,21H,7-10,12H2,(H,20,22). The Kier molecular flexibility index (Phi) is 5.09. The van der Waals surface area contributed by atoms with Gasteiger partial charge in [-0.2, -0.15) is 0 Å². The van der Waals surface area contributed by atoms with Crippen LogP contribution in [0.2, 0.25) is 0 Å². The molecule has 1 unspecified atom stereocenters. The van der Waals surface area contributed by atoms with Crippen LogP contribution in [0.5, 0.6) is 5.75 Å². The number of nitrogens with one attached hydrogen (secondary N) is 2. The van der Waals surface area contributed by atoms with E-state index in [1.54, 1.807) is 6.07 Å². The van der Waals surface area contributed by atoms with Crippen LogP contribution in [-0.2, 0) is 26.3 Å². The van der Waals surface area contributed by atoms with Crippen LogP contribution in [-0.4, -0.2) is 46.9 Å². The van der Waals surface area contributed by atoms with E-state index < -0.39 is 25.9 Å². The van der Waals surface area contributed by atoms with Crippen molar-refractivity contribution < 1.29 is 26.4 Å². The van der Waals surface area contributed by atoms with Crippen molar-refractivity contribution in [2.75, 3.05) is 23.4 Å². The normalized spacial score (nSPS) is 20.1. The lowest BCUT2D eigenvalue weighted by atomic mass is 10.1. The van der Waals surface area contributed by atoms with Crippen molar-refractivity contribution in [1.29, 1.82) is 0 Å². The lowest BCUT2D eigenvalue weighted by Gasteiger charge is -2.12. The molecule has 8 nitrogen and oxygen atoms in total. The minimum absolute atomic E-state index is 0.0197. The molecule has 10 heteroatoms. The molecule has 0 saturated carbocycles. The molecule has 0 radical (unpaired) electrons. The molecule has 0 aromatic heterocycles. The average Bonchev–Trinajstić information content (AvgIpc) is 3.26. The van der Waals surface area contributed by atoms with Crippen LogP contribution in [0.4, 0.5) is 5.69 Å². The summed E-state index contributed by atoms with van der Waals surface area (Å²) in [5.74, 6) is 0.245. The molecule has 154 valence electrons.